The first-order valence-electron chi connectivity index (χ1n) is 5.48. The van der Waals surface area contributed by atoms with E-state index < -0.39 is 0 Å². The lowest BCUT2D eigenvalue weighted by Crippen LogP contribution is -2.50. The minimum atomic E-state index is 0.339. The van der Waals surface area contributed by atoms with Gasteiger partial charge in [-0.2, -0.15) is 5.26 Å². The standard InChI is InChI=1S/C11H21N3/c1-11(13-2)5-9-14(10-6-11)8-4-3-7-12/h13H,3-6,8-10H2,1-2H3. The molecule has 0 unspecified atom stereocenters. The van der Waals surface area contributed by atoms with E-state index in [2.05, 4.69) is 23.2 Å². The lowest BCUT2D eigenvalue weighted by molar-refractivity contribution is 0.151. The van der Waals surface area contributed by atoms with Crippen molar-refractivity contribution < 1.29 is 0 Å². The number of nitrogens with zero attached hydrogens (tertiary/aromatic N) is 2. The van der Waals surface area contributed by atoms with Gasteiger partial charge in [-0.05, 0) is 52.9 Å². The van der Waals surface area contributed by atoms with Crippen molar-refractivity contribution in [2.45, 2.75) is 38.1 Å². The molecule has 1 N–H and O–H groups in total. The Hall–Kier alpha value is -0.590. The van der Waals surface area contributed by atoms with E-state index in [4.69, 9.17) is 5.26 Å². The van der Waals surface area contributed by atoms with Crippen molar-refractivity contribution >= 4 is 0 Å². The predicted octanol–water partition coefficient (Wildman–Crippen LogP) is 1.36. The second kappa shape index (κ2) is 5.33. The normalized spacial score (nSPS) is 21.8. The molecule has 1 rings (SSSR count). The molecule has 1 heterocycles. The van der Waals surface area contributed by atoms with Crippen molar-refractivity contribution in [2.24, 2.45) is 0 Å². The van der Waals surface area contributed by atoms with Gasteiger partial charge in [-0.15, -0.1) is 0 Å². The van der Waals surface area contributed by atoms with Gasteiger partial charge in [0.1, 0.15) is 0 Å². The van der Waals surface area contributed by atoms with Crippen molar-refractivity contribution in [3.8, 4) is 6.07 Å². The van der Waals surface area contributed by atoms with E-state index in [0.29, 0.717) is 12.0 Å². The number of rotatable bonds is 4. The van der Waals surface area contributed by atoms with Crippen LogP contribution in [0.3, 0.4) is 0 Å². The third kappa shape index (κ3) is 3.28. The summed E-state index contributed by atoms with van der Waals surface area (Å²) in [5, 5.41) is 11.8. The smallest absolute Gasteiger partial charge is 0.0622 e. The highest BCUT2D eigenvalue weighted by Gasteiger charge is 2.27. The number of hydrogen-bond donors (Lipinski definition) is 1. The summed E-state index contributed by atoms with van der Waals surface area (Å²) in [6, 6.07) is 2.20. The second-order valence-electron chi connectivity index (χ2n) is 4.41. The maximum Gasteiger partial charge on any atom is 0.0622 e. The molecule has 0 spiro atoms. The molecular formula is C11H21N3. The SMILES string of the molecule is CNC1(C)CCN(CCCC#N)CC1. The molecule has 0 aromatic rings. The van der Waals surface area contributed by atoms with Gasteiger partial charge >= 0.3 is 0 Å². The van der Waals surface area contributed by atoms with Crippen LogP contribution in [0.5, 0.6) is 0 Å². The summed E-state index contributed by atoms with van der Waals surface area (Å²) in [6.45, 7) is 5.72. The average Bonchev–Trinajstić information content (AvgIpc) is 2.22. The molecule has 0 amide bonds. The second-order valence-corrected chi connectivity index (χ2v) is 4.41. The Bertz CT molecular complexity index is 199. The molecule has 1 fully saturated rings. The van der Waals surface area contributed by atoms with Gasteiger partial charge in [0.15, 0.2) is 0 Å². The summed E-state index contributed by atoms with van der Waals surface area (Å²) < 4.78 is 0. The lowest BCUT2D eigenvalue weighted by Gasteiger charge is -2.39. The topological polar surface area (TPSA) is 39.1 Å². The Morgan fingerprint density at radius 2 is 2.07 bits per heavy atom. The number of piperidine rings is 1. The summed E-state index contributed by atoms with van der Waals surface area (Å²) in [5.41, 5.74) is 0.339. The van der Waals surface area contributed by atoms with E-state index in [1.807, 2.05) is 7.05 Å². The van der Waals surface area contributed by atoms with Crippen LogP contribution >= 0.6 is 0 Å². The molecule has 3 nitrogen and oxygen atoms in total. The van der Waals surface area contributed by atoms with Crippen LogP contribution in [0, 0.1) is 11.3 Å². The molecule has 3 heteroatoms. The number of nitrogens with one attached hydrogen (secondary N) is 1. The summed E-state index contributed by atoms with van der Waals surface area (Å²) >= 11 is 0. The van der Waals surface area contributed by atoms with Crippen LogP contribution in [0.25, 0.3) is 0 Å². The van der Waals surface area contributed by atoms with Crippen LogP contribution in [0.2, 0.25) is 0 Å². The van der Waals surface area contributed by atoms with Crippen LogP contribution < -0.4 is 5.32 Å². The van der Waals surface area contributed by atoms with Gasteiger partial charge in [-0.3, -0.25) is 0 Å². The number of likely N-dealkylation sites (tertiary alicyclic amines) is 1. The van der Waals surface area contributed by atoms with E-state index >= 15 is 0 Å². The third-order valence-corrected chi connectivity index (χ3v) is 3.33. The molecule has 1 saturated heterocycles. The molecule has 0 aromatic carbocycles. The van der Waals surface area contributed by atoms with Crippen LogP contribution in [0.1, 0.15) is 32.6 Å². The third-order valence-electron chi connectivity index (χ3n) is 3.33. The van der Waals surface area contributed by atoms with E-state index in [-0.39, 0.29) is 0 Å². The first-order valence-corrected chi connectivity index (χ1v) is 5.48. The number of nitriles is 1. The van der Waals surface area contributed by atoms with Crippen molar-refractivity contribution in [3.63, 3.8) is 0 Å². The van der Waals surface area contributed by atoms with Crippen LogP contribution in [-0.4, -0.2) is 37.1 Å². The zero-order valence-electron chi connectivity index (χ0n) is 9.34. The Balaban J connectivity index is 2.19. The molecule has 14 heavy (non-hydrogen) atoms. The van der Waals surface area contributed by atoms with Crippen molar-refractivity contribution in [3.05, 3.63) is 0 Å². The van der Waals surface area contributed by atoms with E-state index in [1.165, 1.54) is 25.9 Å². The van der Waals surface area contributed by atoms with Crippen molar-refractivity contribution in [2.75, 3.05) is 26.7 Å². The summed E-state index contributed by atoms with van der Waals surface area (Å²) in [7, 11) is 2.05. The molecule has 0 atom stereocenters. The fraction of sp³-hybridized carbons (Fsp3) is 0.909. The highest BCUT2D eigenvalue weighted by atomic mass is 15.1. The first kappa shape index (κ1) is 11.5. The Morgan fingerprint density at radius 3 is 2.57 bits per heavy atom. The van der Waals surface area contributed by atoms with Gasteiger partial charge in [0.2, 0.25) is 0 Å². The zero-order chi connectivity index (χ0) is 10.4. The molecule has 80 valence electrons. The Kier molecular flexibility index (Phi) is 4.37. The van der Waals surface area contributed by atoms with Crippen molar-refractivity contribution in [1.29, 1.82) is 5.26 Å². The van der Waals surface area contributed by atoms with Gasteiger partial charge in [-0.1, -0.05) is 0 Å². The molecule has 1 aliphatic heterocycles. The summed E-state index contributed by atoms with van der Waals surface area (Å²) in [4.78, 5) is 2.47. The largest absolute Gasteiger partial charge is 0.314 e. The van der Waals surface area contributed by atoms with Crippen LogP contribution in [0.15, 0.2) is 0 Å². The maximum absolute atomic E-state index is 8.44. The molecule has 0 saturated carbocycles. The van der Waals surface area contributed by atoms with Gasteiger partial charge in [0.25, 0.3) is 0 Å². The monoisotopic (exact) mass is 195 g/mol. The molecule has 0 aliphatic carbocycles. The fourth-order valence-electron chi connectivity index (χ4n) is 1.90. The highest BCUT2D eigenvalue weighted by Crippen LogP contribution is 2.20. The molecular weight excluding hydrogens is 174 g/mol. The molecule has 0 aromatic heterocycles. The maximum atomic E-state index is 8.44. The fourth-order valence-corrected chi connectivity index (χ4v) is 1.90. The van der Waals surface area contributed by atoms with Crippen LogP contribution in [0.4, 0.5) is 0 Å². The summed E-state index contributed by atoms with van der Waals surface area (Å²) in [6.07, 6.45) is 4.15. The Morgan fingerprint density at radius 1 is 1.43 bits per heavy atom. The molecule has 0 bridgehead atoms. The van der Waals surface area contributed by atoms with Crippen LogP contribution in [-0.2, 0) is 0 Å². The summed E-state index contributed by atoms with van der Waals surface area (Å²) in [5.74, 6) is 0. The quantitative estimate of drug-likeness (QED) is 0.689. The van der Waals surface area contributed by atoms with Gasteiger partial charge in [-0.25, -0.2) is 0 Å². The van der Waals surface area contributed by atoms with Crippen molar-refractivity contribution in [1.82, 2.24) is 10.2 Å². The van der Waals surface area contributed by atoms with Gasteiger partial charge in [0.05, 0.1) is 6.07 Å². The van der Waals surface area contributed by atoms with E-state index in [1.54, 1.807) is 0 Å². The lowest BCUT2D eigenvalue weighted by atomic mass is 9.90. The van der Waals surface area contributed by atoms with E-state index in [9.17, 15) is 0 Å². The zero-order valence-corrected chi connectivity index (χ0v) is 9.34. The van der Waals surface area contributed by atoms with Gasteiger partial charge in [0, 0.05) is 12.0 Å². The minimum Gasteiger partial charge on any atom is -0.314 e. The molecule has 1 aliphatic rings. The first-order chi connectivity index (χ1) is 6.70. The van der Waals surface area contributed by atoms with Gasteiger partial charge < -0.3 is 10.2 Å². The Labute approximate surface area is 87.1 Å². The average molecular weight is 195 g/mol. The molecule has 0 radical (unpaired) electrons. The minimum absolute atomic E-state index is 0.339. The predicted molar refractivity (Wildman–Crippen MR) is 58.0 cm³/mol. The number of unbranched alkanes of at least 4 members (excludes halogenated alkanes) is 1. The highest BCUT2D eigenvalue weighted by molar-refractivity contribution is 4.88. The van der Waals surface area contributed by atoms with E-state index in [0.717, 1.165) is 13.0 Å². The number of hydrogen-bond acceptors (Lipinski definition) is 3.